The Kier molecular flexibility index (Phi) is 19.7. The van der Waals surface area contributed by atoms with Crippen molar-refractivity contribution in [3.63, 3.8) is 0 Å². The summed E-state index contributed by atoms with van der Waals surface area (Å²) >= 11 is 9.52. The van der Waals surface area contributed by atoms with Crippen LogP contribution >= 0.6 is 51.5 Å². The first-order chi connectivity index (χ1) is 25.6. The molecule has 302 valence electrons. The molecule has 1 aromatic heterocycles. The van der Waals surface area contributed by atoms with Crippen molar-refractivity contribution in [2.45, 2.75) is 160 Å². The minimum Gasteiger partial charge on any atom is -1.00 e. The summed E-state index contributed by atoms with van der Waals surface area (Å²) in [4.78, 5) is 1.27. The number of halogens is 4. The average Bonchev–Trinajstić information content (AvgIpc) is 3.38. The molecule has 0 atom stereocenters. The van der Waals surface area contributed by atoms with Gasteiger partial charge in [0.25, 0.3) is 0 Å². The van der Waals surface area contributed by atoms with Crippen molar-refractivity contribution >= 4 is 55.5 Å². The van der Waals surface area contributed by atoms with Gasteiger partial charge in [0, 0.05) is 0 Å². The Hall–Kier alpha value is -0.317. The second-order valence-electron chi connectivity index (χ2n) is 15.9. The van der Waals surface area contributed by atoms with Gasteiger partial charge in [-0.05, 0) is 55.5 Å². The Morgan fingerprint density at radius 3 is 1.25 bits per heavy atom. The fraction of sp³-hybridized carbons (Fsp3) is 0.522. The molecule has 0 unspecified atom stereocenters. The normalized spacial score (nSPS) is 16.8. The standard InChI is InChI=1S/C21H22Br2N2.C18H33P.C7H6S.2ClH.Ru/c1-12-7-14(3)18(15(4)8-12)24-11-25(21(23)20(24)22)19-16(5)9-13(2)10-17(19)6;1-4-10-16(11-5-1)19(17-12-6-2-7-13-17)18-14-8-3-9-15-18;1-8-7-5-3-2-4-6-7;;;/h7-10H,1-6H3;16-18H,1-15H2;1-6H;2*1H;/q;;;;;+2/p-2. The van der Waals surface area contributed by atoms with Crippen LogP contribution < -0.4 is 24.8 Å². The van der Waals surface area contributed by atoms with Gasteiger partial charge < -0.3 is 24.8 Å². The van der Waals surface area contributed by atoms with E-state index >= 15 is 0 Å². The van der Waals surface area contributed by atoms with Crippen LogP contribution in [0.2, 0.25) is 0 Å². The second-order valence-corrected chi connectivity index (χ2v) is 23.9. The maximum Gasteiger partial charge on any atom is -1.00 e. The molecule has 3 aromatic carbocycles. The van der Waals surface area contributed by atoms with Crippen LogP contribution in [0.15, 0.2) is 68.7 Å². The zero-order valence-electron chi connectivity index (χ0n) is 33.7. The number of aryl methyl sites for hydroxylation is 6. The van der Waals surface area contributed by atoms with Crippen LogP contribution in [0.3, 0.4) is 0 Å². The predicted molar refractivity (Wildman–Crippen MR) is 238 cm³/mol. The molecule has 0 bridgehead atoms. The number of thioether (sulfide) groups is 1. The Balaban J connectivity index is 0.000000272. The van der Waals surface area contributed by atoms with E-state index in [0.29, 0.717) is 7.92 Å². The van der Waals surface area contributed by atoms with Gasteiger partial charge in [0.15, 0.2) is 0 Å². The van der Waals surface area contributed by atoms with Crippen molar-refractivity contribution in [2.24, 2.45) is 0 Å². The molecule has 0 amide bonds. The van der Waals surface area contributed by atoms with E-state index in [1.165, 1.54) is 89.9 Å². The number of aromatic nitrogens is 2. The third-order valence-electron chi connectivity index (χ3n) is 11.7. The van der Waals surface area contributed by atoms with E-state index in [4.69, 9.17) is 0 Å². The number of nitrogens with zero attached hydrogens (tertiary/aromatic N) is 2. The van der Waals surface area contributed by atoms with Crippen LogP contribution in [0.25, 0.3) is 11.4 Å². The third kappa shape index (κ3) is 11.9. The fourth-order valence-corrected chi connectivity index (χ4v) is 19.2. The Morgan fingerprint density at radius 1 is 0.564 bits per heavy atom. The van der Waals surface area contributed by atoms with Crippen molar-refractivity contribution in [1.29, 1.82) is 0 Å². The Labute approximate surface area is 374 Å². The second kappa shape index (κ2) is 22.9. The van der Waals surface area contributed by atoms with Gasteiger partial charge >= 0.3 is 232 Å². The molecule has 0 spiro atoms. The van der Waals surface area contributed by atoms with Gasteiger partial charge in [-0.3, -0.25) is 0 Å². The summed E-state index contributed by atoms with van der Waals surface area (Å²) in [6.45, 7) is 13.2. The van der Waals surface area contributed by atoms with Crippen LogP contribution in [-0.4, -0.2) is 30.1 Å². The van der Waals surface area contributed by atoms with Gasteiger partial charge in [0.05, 0.1) is 0 Å². The average molecular weight is 1040 g/mol. The van der Waals surface area contributed by atoms with Gasteiger partial charge in [0.1, 0.15) is 0 Å². The third-order valence-corrected chi connectivity index (χ3v) is 20.9. The zero-order valence-corrected chi connectivity index (χ0v) is 41.9. The minimum atomic E-state index is -0.226. The van der Waals surface area contributed by atoms with Crippen LogP contribution in [0, 0.1) is 45.6 Å². The van der Waals surface area contributed by atoms with Crippen LogP contribution in [-0.2, 0) is 16.2 Å². The largest absolute Gasteiger partial charge is 1.00 e. The van der Waals surface area contributed by atoms with E-state index in [9.17, 15) is 0 Å². The van der Waals surface area contributed by atoms with Crippen molar-refractivity contribution < 1.29 is 41.0 Å². The van der Waals surface area contributed by atoms with E-state index in [1.807, 2.05) is 11.8 Å². The molecule has 7 rings (SSSR count). The first-order valence-electron chi connectivity index (χ1n) is 20.2. The number of benzene rings is 3. The van der Waals surface area contributed by atoms with Gasteiger partial charge in [-0.15, -0.1) is 0 Å². The molecule has 2 nitrogen and oxygen atoms in total. The Morgan fingerprint density at radius 2 is 0.909 bits per heavy atom. The molecule has 3 aliphatic carbocycles. The molecular weight excluding hydrogens is 975 g/mol. The monoisotopic (exact) mass is 1030 g/mol. The van der Waals surface area contributed by atoms with Gasteiger partial charge in [0.2, 0.25) is 0 Å². The van der Waals surface area contributed by atoms with E-state index in [-0.39, 0.29) is 41.0 Å². The fourth-order valence-electron chi connectivity index (χ4n) is 9.60. The topological polar surface area (TPSA) is 9.86 Å². The van der Waals surface area contributed by atoms with Crippen molar-refractivity contribution in [3.8, 4) is 11.4 Å². The van der Waals surface area contributed by atoms with Crippen LogP contribution in [0.5, 0.6) is 0 Å². The molecule has 0 radical (unpaired) electrons. The summed E-state index contributed by atoms with van der Waals surface area (Å²) < 4.78 is 10.6. The molecule has 3 fully saturated rings. The molecule has 1 heterocycles. The first kappa shape index (κ1) is 47.4. The SMILES string of the molecule is C1CCC(P(C2CCCCC2)C2CCCCC2)CC1.Cc1cc(C)c(-n2c(Br)c(Br)n(-c3c(C)cc(C)cc3C)[c]2=[Ru+2]=[CH]Sc2ccccc2)c(C)c1.[Cl-].[Cl-]. The quantitative estimate of drug-likeness (QED) is 0.102. The summed E-state index contributed by atoms with van der Waals surface area (Å²) in [5.41, 5.74) is 13.8. The van der Waals surface area contributed by atoms with Gasteiger partial charge in [-0.25, -0.2) is 0 Å². The maximum absolute atomic E-state index is 3.96. The number of rotatable bonds is 7. The van der Waals surface area contributed by atoms with Crippen molar-refractivity contribution in [2.75, 3.05) is 0 Å². The van der Waals surface area contributed by atoms with E-state index in [2.05, 4.69) is 141 Å². The molecule has 3 saturated carbocycles. The zero-order chi connectivity index (χ0) is 37.5. The molecule has 3 aliphatic rings. The summed E-state index contributed by atoms with van der Waals surface area (Å²) in [7, 11) is 0.385. The molecule has 0 saturated heterocycles. The summed E-state index contributed by atoms with van der Waals surface area (Å²) in [6.07, 6.45) is 23.6. The number of hydrogen-bond acceptors (Lipinski definition) is 1. The number of imidazole rings is 1. The van der Waals surface area contributed by atoms with E-state index in [1.54, 1.807) is 77.0 Å². The molecule has 55 heavy (non-hydrogen) atoms. The smallest absolute Gasteiger partial charge is 1.00 e. The van der Waals surface area contributed by atoms with Crippen LogP contribution in [0.4, 0.5) is 0 Å². The summed E-state index contributed by atoms with van der Waals surface area (Å²) in [5, 5.41) is 0. The Bertz CT molecular complexity index is 1780. The minimum absolute atomic E-state index is 0. The van der Waals surface area contributed by atoms with Crippen molar-refractivity contribution in [3.05, 3.63) is 101 Å². The number of hydrogen-bond donors (Lipinski definition) is 0. The van der Waals surface area contributed by atoms with Gasteiger partial charge in [-0.1, -0.05) is 65.7 Å². The molecule has 9 heteroatoms. The van der Waals surface area contributed by atoms with E-state index < -0.39 is 0 Å². The van der Waals surface area contributed by atoms with Crippen molar-refractivity contribution in [1.82, 2.24) is 9.13 Å². The van der Waals surface area contributed by atoms with E-state index in [0.717, 1.165) is 9.21 Å². The molecule has 0 N–H and O–H groups in total. The molecule has 0 aliphatic heterocycles. The predicted octanol–water partition coefficient (Wildman–Crippen LogP) is 9.28. The summed E-state index contributed by atoms with van der Waals surface area (Å²) in [6, 6.07) is 19.7. The molecule has 4 aromatic rings. The van der Waals surface area contributed by atoms with Gasteiger partial charge in [-0.2, -0.15) is 0 Å². The summed E-state index contributed by atoms with van der Waals surface area (Å²) in [5.74, 6) is 0. The molecular formula is C46H61Br2Cl2N2PRuS. The van der Waals surface area contributed by atoms with Crippen LogP contribution in [0.1, 0.15) is 130 Å². The first-order valence-corrected chi connectivity index (χ1v) is 26.1. The maximum atomic E-state index is 3.96.